The molecular formula is C29H26FN2O2+. The minimum Gasteiger partial charge on any atom is -0.454 e. The molecule has 1 saturated heterocycles. The van der Waals surface area contributed by atoms with Crippen LogP contribution >= 0.6 is 0 Å². The smallest absolute Gasteiger partial charge is 0.216 e. The second-order valence-corrected chi connectivity index (χ2v) is 8.88. The predicted octanol–water partition coefficient (Wildman–Crippen LogP) is 6.03. The minimum absolute atomic E-state index is 0.283. The molecule has 0 atom stereocenters. The SMILES string of the molecule is Cc1ccc2c(oc3c(-c4ccc(N5CCOCC5)cc4)c(F)ccc32)c1-c1cccc[n+]1C. The Morgan fingerprint density at radius 3 is 2.26 bits per heavy atom. The number of rotatable bonds is 3. The fourth-order valence-corrected chi connectivity index (χ4v) is 5.01. The molecule has 0 bridgehead atoms. The Morgan fingerprint density at radius 1 is 0.824 bits per heavy atom. The first-order valence-corrected chi connectivity index (χ1v) is 11.6. The van der Waals surface area contributed by atoms with E-state index in [0.717, 1.165) is 70.7 Å². The number of ether oxygens (including phenoxy) is 1. The molecule has 0 aliphatic carbocycles. The Morgan fingerprint density at radius 2 is 1.53 bits per heavy atom. The number of halogens is 1. The van der Waals surface area contributed by atoms with Crippen LogP contribution in [0.2, 0.25) is 0 Å². The number of aromatic nitrogens is 1. The maximum absolute atomic E-state index is 15.3. The fourth-order valence-electron chi connectivity index (χ4n) is 5.01. The molecule has 5 aromatic rings. The summed E-state index contributed by atoms with van der Waals surface area (Å²) in [7, 11) is 2.03. The van der Waals surface area contributed by atoms with E-state index in [-0.39, 0.29) is 5.82 Å². The first-order valence-electron chi connectivity index (χ1n) is 11.6. The lowest BCUT2D eigenvalue weighted by Crippen LogP contribution is -2.36. The first kappa shape index (κ1) is 20.9. The van der Waals surface area contributed by atoms with Crippen molar-refractivity contribution in [3.05, 3.63) is 84.3 Å². The van der Waals surface area contributed by atoms with Crippen molar-refractivity contribution in [3.63, 3.8) is 0 Å². The quantitative estimate of drug-likeness (QED) is 0.313. The molecule has 3 aromatic carbocycles. The number of morpholine rings is 1. The number of anilines is 1. The van der Waals surface area contributed by atoms with Gasteiger partial charge in [-0.05, 0) is 48.4 Å². The normalized spacial score (nSPS) is 14.3. The highest BCUT2D eigenvalue weighted by atomic mass is 19.1. The summed E-state index contributed by atoms with van der Waals surface area (Å²) in [5.41, 5.74) is 7.01. The summed E-state index contributed by atoms with van der Waals surface area (Å²) in [6.45, 7) is 5.28. The second-order valence-electron chi connectivity index (χ2n) is 8.88. The van der Waals surface area contributed by atoms with Crippen LogP contribution in [-0.4, -0.2) is 26.3 Å². The molecule has 0 saturated carbocycles. The Labute approximate surface area is 197 Å². The van der Waals surface area contributed by atoms with Crippen LogP contribution in [0.25, 0.3) is 44.3 Å². The van der Waals surface area contributed by atoms with Gasteiger partial charge in [-0.25, -0.2) is 8.96 Å². The van der Waals surface area contributed by atoms with E-state index in [0.29, 0.717) is 11.1 Å². The van der Waals surface area contributed by atoms with Gasteiger partial charge >= 0.3 is 0 Å². The van der Waals surface area contributed by atoms with E-state index in [1.54, 1.807) is 6.07 Å². The van der Waals surface area contributed by atoms with Gasteiger partial charge < -0.3 is 14.1 Å². The standard InChI is InChI=1S/C29H26FN2O2/c1-19-6-11-22-23-12-13-24(30)27(20-7-9-21(10-8-20)32-15-17-33-18-16-32)29(23)34-28(22)26(19)25-5-3-4-14-31(25)2/h3-14H,15-18H2,1-2H3/q+1. The average Bonchev–Trinajstić information content (AvgIpc) is 3.24. The van der Waals surface area contributed by atoms with Crippen molar-refractivity contribution in [2.45, 2.75) is 6.92 Å². The summed E-state index contributed by atoms with van der Waals surface area (Å²) in [5.74, 6) is -0.283. The van der Waals surface area contributed by atoms with Crippen molar-refractivity contribution < 1.29 is 18.1 Å². The fraction of sp³-hybridized carbons (Fsp3) is 0.207. The number of pyridine rings is 1. The third-order valence-electron chi connectivity index (χ3n) is 6.81. The molecule has 1 aliphatic rings. The number of aryl methyl sites for hydroxylation is 2. The van der Waals surface area contributed by atoms with Crippen LogP contribution in [0.5, 0.6) is 0 Å². The van der Waals surface area contributed by atoms with Crippen molar-refractivity contribution in [3.8, 4) is 22.4 Å². The van der Waals surface area contributed by atoms with Crippen LogP contribution in [0.15, 0.2) is 77.3 Å². The summed E-state index contributed by atoms with van der Waals surface area (Å²) < 4.78 is 29.3. The van der Waals surface area contributed by atoms with Gasteiger partial charge in [-0.3, -0.25) is 0 Å². The lowest BCUT2D eigenvalue weighted by atomic mass is 9.98. The van der Waals surface area contributed by atoms with Gasteiger partial charge in [0.25, 0.3) is 0 Å². The zero-order valence-corrected chi connectivity index (χ0v) is 19.3. The molecule has 1 fully saturated rings. The van der Waals surface area contributed by atoms with Gasteiger partial charge in [-0.15, -0.1) is 0 Å². The van der Waals surface area contributed by atoms with Crippen LogP contribution in [0.4, 0.5) is 10.1 Å². The van der Waals surface area contributed by atoms with Crippen molar-refractivity contribution in [1.29, 1.82) is 0 Å². The molecule has 4 nitrogen and oxygen atoms in total. The third kappa shape index (κ3) is 3.35. The van der Waals surface area contributed by atoms with Crippen molar-refractivity contribution in [2.24, 2.45) is 7.05 Å². The average molecular weight is 454 g/mol. The Balaban J connectivity index is 1.54. The maximum atomic E-state index is 15.3. The minimum atomic E-state index is -0.283. The largest absolute Gasteiger partial charge is 0.454 e. The topological polar surface area (TPSA) is 29.5 Å². The molecule has 3 heterocycles. The molecule has 5 heteroatoms. The lowest BCUT2D eigenvalue weighted by Gasteiger charge is -2.28. The molecule has 6 rings (SSSR count). The van der Waals surface area contributed by atoms with Gasteiger partial charge in [-0.1, -0.05) is 24.3 Å². The number of hydrogen-bond acceptors (Lipinski definition) is 3. The van der Waals surface area contributed by atoms with Crippen LogP contribution in [0.3, 0.4) is 0 Å². The highest BCUT2D eigenvalue weighted by Crippen LogP contribution is 2.41. The Kier molecular flexibility index (Phi) is 5.07. The number of benzene rings is 3. The summed E-state index contributed by atoms with van der Waals surface area (Å²) >= 11 is 0. The van der Waals surface area contributed by atoms with Crippen molar-refractivity contribution in [1.82, 2.24) is 0 Å². The van der Waals surface area contributed by atoms with Gasteiger partial charge in [0, 0.05) is 41.7 Å². The molecule has 34 heavy (non-hydrogen) atoms. The van der Waals surface area contributed by atoms with E-state index in [1.165, 1.54) is 0 Å². The van der Waals surface area contributed by atoms with Crippen molar-refractivity contribution in [2.75, 3.05) is 31.2 Å². The molecule has 2 aromatic heterocycles. The van der Waals surface area contributed by atoms with E-state index < -0.39 is 0 Å². The second kappa shape index (κ2) is 8.26. The van der Waals surface area contributed by atoms with Crippen LogP contribution in [0.1, 0.15) is 5.56 Å². The van der Waals surface area contributed by atoms with Crippen molar-refractivity contribution >= 4 is 27.6 Å². The van der Waals surface area contributed by atoms with Gasteiger partial charge in [-0.2, -0.15) is 0 Å². The molecule has 1 aliphatic heterocycles. The van der Waals surface area contributed by atoms with Gasteiger partial charge in [0.15, 0.2) is 6.20 Å². The third-order valence-corrected chi connectivity index (χ3v) is 6.81. The summed E-state index contributed by atoms with van der Waals surface area (Å²) in [4.78, 5) is 2.29. The number of hydrogen-bond donors (Lipinski definition) is 0. The van der Waals surface area contributed by atoms with E-state index >= 15 is 4.39 Å². The summed E-state index contributed by atoms with van der Waals surface area (Å²) in [6, 6.07) is 21.8. The highest BCUT2D eigenvalue weighted by Gasteiger charge is 2.23. The van der Waals surface area contributed by atoms with Crippen LogP contribution < -0.4 is 9.47 Å². The number of furan rings is 1. The molecule has 0 amide bonds. The zero-order chi connectivity index (χ0) is 23.2. The molecule has 170 valence electrons. The number of nitrogens with zero attached hydrogens (tertiary/aromatic N) is 2. The molecule has 0 radical (unpaired) electrons. The molecule has 0 unspecified atom stereocenters. The maximum Gasteiger partial charge on any atom is 0.216 e. The molecule has 0 spiro atoms. The predicted molar refractivity (Wildman–Crippen MR) is 133 cm³/mol. The Bertz CT molecular complexity index is 1520. The van der Waals surface area contributed by atoms with Gasteiger partial charge in [0.1, 0.15) is 24.0 Å². The van der Waals surface area contributed by atoms with E-state index in [1.807, 2.05) is 43.6 Å². The monoisotopic (exact) mass is 453 g/mol. The van der Waals surface area contributed by atoms with E-state index in [2.05, 4.69) is 46.7 Å². The Hall–Kier alpha value is -3.70. The molecular weight excluding hydrogens is 427 g/mol. The van der Waals surface area contributed by atoms with Crippen LogP contribution in [-0.2, 0) is 11.8 Å². The van der Waals surface area contributed by atoms with Gasteiger partial charge in [0.2, 0.25) is 5.69 Å². The summed E-state index contributed by atoms with van der Waals surface area (Å²) in [5, 5.41) is 1.91. The number of fused-ring (bicyclic) bond motifs is 3. The van der Waals surface area contributed by atoms with E-state index in [9.17, 15) is 0 Å². The van der Waals surface area contributed by atoms with Gasteiger partial charge in [0.05, 0.1) is 24.3 Å². The zero-order valence-electron chi connectivity index (χ0n) is 19.3. The highest BCUT2D eigenvalue weighted by molar-refractivity contribution is 6.13. The lowest BCUT2D eigenvalue weighted by molar-refractivity contribution is -0.660. The van der Waals surface area contributed by atoms with Crippen LogP contribution in [0, 0.1) is 12.7 Å². The van der Waals surface area contributed by atoms with E-state index in [4.69, 9.17) is 9.15 Å². The molecule has 0 N–H and O–H groups in total. The first-order chi connectivity index (χ1) is 16.6. The summed E-state index contributed by atoms with van der Waals surface area (Å²) in [6.07, 6.45) is 2.03.